The molecule has 17 heavy (non-hydrogen) atoms. The van der Waals surface area contributed by atoms with Crippen LogP contribution >= 0.6 is 23.7 Å². The van der Waals surface area contributed by atoms with Gasteiger partial charge in [0, 0.05) is 6.04 Å². The van der Waals surface area contributed by atoms with Crippen LogP contribution in [0.3, 0.4) is 0 Å². The maximum Gasteiger partial charge on any atom is 0.247 e. The summed E-state index contributed by atoms with van der Waals surface area (Å²) in [6.07, 6.45) is 0.302. The molecule has 1 aromatic rings. The molecule has 10 heteroatoms. The molecule has 6 nitrogen and oxygen atoms in total. The summed E-state index contributed by atoms with van der Waals surface area (Å²) < 4.78 is 45.5. The van der Waals surface area contributed by atoms with Gasteiger partial charge in [0.15, 0.2) is 9.84 Å². The first-order valence-electron chi connectivity index (χ1n) is 4.37. The second-order valence-corrected chi connectivity index (χ2v) is 8.71. The Morgan fingerprint density at radius 3 is 2.47 bits per heavy atom. The highest BCUT2D eigenvalue weighted by molar-refractivity contribution is 7.95. The molecule has 2 rings (SSSR count). The number of nitrogens with two attached hydrogens (primary N) is 2. The molecule has 0 aliphatic carbocycles. The van der Waals surface area contributed by atoms with E-state index in [1.165, 1.54) is 6.07 Å². The van der Waals surface area contributed by atoms with Gasteiger partial charge >= 0.3 is 0 Å². The molecule has 1 aromatic heterocycles. The highest BCUT2D eigenvalue weighted by Gasteiger charge is 2.32. The number of hydrogen-bond acceptors (Lipinski definition) is 6. The van der Waals surface area contributed by atoms with E-state index in [9.17, 15) is 16.8 Å². The summed E-state index contributed by atoms with van der Waals surface area (Å²) in [5.74, 6) is -0.0499. The Labute approximate surface area is 109 Å². The lowest BCUT2D eigenvalue weighted by Crippen LogP contribution is -2.23. The third-order valence-corrected chi connectivity index (χ3v) is 7.31. The topological polar surface area (TPSA) is 120 Å². The molecule has 1 aliphatic heterocycles. The summed E-state index contributed by atoms with van der Waals surface area (Å²) in [6, 6.07) is 0.821. The Bertz CT molecular complexity index is 634. The van der Waals surface area contributed by atoms with Crippen molar-refractivity contribution < 1.29 is 16.8 Å². The molecule has 0 fully saturated rings. The molecule has 0 amide bonds. The van der Waals surface area contributed by atoms with Crippen molar-refractivity contribution in [3.05, 3.63) is 11.6 Å². The molecule has 98 valence electrons. The SMILES string of the molecule is Cl.NC1CCS(=O)(=O)c2sc(S(N)(=O)=O)cc21. The van der Waals surface area contributed by atoms with Gasteiger partial charge in [-0.15, -0.1) is 23.7 Å². The average molecular weight is 319 g/mol. The zero-order chi connectivity index (χ0) is 12.1. The Morgan fingerprint density at radius 1 is 1.41 bits per heavy atom. The predicted molar refractivity (Wildman–Crippen MR) is 66.5 cm³/mol. The summed E-state index contributed by atoms with van der Waals surface area (Å²) in [6.45, 7) is 0. The summed E-state index contributed by atoms with van der Waals surface area (Å²) in [5, 5.41) is 4.95. The first kappa shape index (κ1) is 14.9. The molecule has 0 radical (unpaired) electrons. The van der Waals surface area contributed by atoms with Gasteiger partial charge in [0.25, 0.3) is 0 Å². The van der Waals surface area contributed by atoms with Crippen LogP contribution in [0, 0.1) is 0 Å². The van der Waals surface area contributed by atoms with E-state index in [1.54, 1.807) is 0 Å². The van der Waals surface area contributed by atoms with Gasteiger partial charge < -0.3 is 5.73 Å². The zero-order valence-electron chi connectivity index (χ0n) is 8.49. The second-order valence-electron chi connectivity index (χ2n) is 3.57. The van der Waals surface area contributed by atoms with Crippen molar-refractivity contribution in [2.75, 3.05) is 5.75 Å². The summed E-state index contributed by atoms with van der Waals surface area (Å²) >= 11 is 0.672. The van der Waals surface area contributed by atoms with Gasteiger partial charge in [-0.25, -0.2) is 22.0 Å². The normalized spacial score (nSPS) is 22.6. The molecule has 0 saturated carbocycles. The van der Waals surface area contributed by atoms with Crippen LogP contribution in [-0.2, 0) is 19.9 Å². The Balaban J connectivity index is 0.00000144. The van der Waals surface area contributed by atoms with Crippen LogP contribution in [0.4, 0.5) is 0 Å². The van der Waals surface area contributed by atoms with Crippen LogP contribution in [0.25, 0.3) is 0 Å². The van der Waals surface area contributed by atoms with Gasteiger partial charge in [-0.3, -0.25) is 0 Å². The highest BCUT2D eigenvalue weighted by Crippen LogP contribution is 2.38. The summed E-state index contributed by atoms with van der Waals surface area (Å²) in [4.78, 5) is 0. The van der Waals surface area contributed by atoms with E-state index in [4.69, 9.17) is 10.9 Å². The second kappa shape index (κ2) is 4.48. The van der Waals surface area contributed by atoms with Crippen LogP contribution in [-0.4, -0.2) is 22.6 Å². The van der Waals surface area contributed by atoms with Crippen molar-refractivity contribution >= 4 is 43.6 Å². The number of rotatable bonds is 1. The predicted octanol–water partition coefficient (Wildman–Crippen LogP) is -0.00550. The fraction of sp³-hybridized carbons (Fsp3) is 0.429. The molecule has 1 unspecified atom stereocenters. The van der Waals surface area contributed by atoms with Crippen molar-refractivity contribution in [2.45, 2.75) is 20.9 Å². The Morgan fingerprint density at radius 2 is 2.00 bits per heavy atom. The lowest BCUT2D eigenvalue weighted by Gasteiger charge is -2.17. The smallest absolute Gasteiger partial charge is 0.247 e. The average Bonchev–Trinajstić information content (AvgIpc) is 2.57. The number of sulfone groups is 1. The Kier molecular flexibility index (Phi) is 3.92. The van der Waals surface area contributed by atoms with Crippen molar-refractivity contribution in [1.82, 2.24) is 0 Å². The fourth-order valence-electron chi connectivity index (χ4n) is 1.54. The van der Waals surface area contributed by atoms with E-state index in [-0.39, 0.29) is 26.6 Å². The van der Waals surface area contributed by atoms with Crippen LogP contribution < -0.4 is 10.9 Å². The van der Waals surface area contributed by atoms with Crippen LogP contribution in [0.1, 0.15) is 18.0 Å². The van der Waals surface area contributed by atoms with Gasteiger partial charge in [0.05, 0.1) is 5.75 Å². The molecule has 0 aromatic carbocycles. The molecule has 0 saturated heterocycles. The van der Waals surface area contributed by atoms with Gasteiger partial charge in [0.1, 0.15) is 8.42 Å². The van der Waals surface area contributed by atoms with Gasteiger partial charge in [-0.1, -0.05) is 0 Å². The number of thiophene rings is 1. The van der Waals surface area contributed by atoms with E-state index in [0.29, 0.717) is 23.3 Å². The van der Waals surface area contributed by atoms with Crippen molar-refractivity contribution in [3.8, 4) is 0 Å². The third-order valence-electron chi connectivity index (χ3n) is 2.36. The lowest BCUT2D eigenvalue weighted by molar-refractivity contribution is 0.573. The first-order chi connectivity index (χ1) is 7.22. The quantitative estimate of drug-likeness (QED) is 0.754. The molecule has 0 bridgehead atoms. The maximum atomic E-state index is 11.7. The van der Waals surface area contributed by atoms with Gasteiger partial charge in [0.2, 0.25) is 10.0 Å². The minimum Gasteiger partial charge on any atom is -0.324 e. The van der Waals surface area contributed by atoms with Crippen molar-refractivity contribution in [3.63, 3.8) is 0 Å². The number of fused-ring (bicyclic) bond motifs is 1. The Hall–Kier alpha value is -0.190. The first-order valence-corrected chi connectivity index (χ1v) is 8.38. The van der Waals surface area contributed by atoms with Crippen LogP contribution in [0.15, 0.2) is 14.5 Å². The van der Waals surface area contributed by atoms with Gasteiger partial charge in [-0.2, -0.15) is 0 Å². The molecule has 1 aliphatic rings. The number of halogens is 1. The van der Waals surface area contributed by atoms with E-state index < -0.39 is 25.9 Å². The maximum absolute atomic E-state index is 11.7. The van der Waals surface area contributed by atoms with Gasteiger partial charge in [-0.05, 0) is 18.1 Å². The van der Waals surface area contributed by atoms with Crippen LogP contribution in [0.2, 0.25) is 0 Å². The molecular weight excluding hydrogens is 308 g/mol. The van der Waals surface area contributed by atoms with E-state index in [2.05, 4.69) is 0 Å². The molecular formula is C7H11ClN2O4S3. The van der Waals surface area contributed by atoms with Crippen LogP contribution in [0.5, 0.6) is 0 Å². The molecule has 2 heterocycles. The third kappa shape index (κ3) is 2.64. The monoisotopic (exact) mass is 318 g/mol. The molecule has 4 N–H and O–H groups in total. The summed E-state index contributed by atoms with van der Waals surface area (Å²) in [7, 11) is -7.27. The number of hydrogen-bond donors (Lipinski definition) is 2. The van der Waals surface area contributed by atoms with Crippen molar-refractivity contribution in [2.24, 2.45) is 10.9 Å². The summed E-state index contributed by atoms with van der Waals surface area (Å²) in [5.41, 5.74) is 6.09. The molecule has 1 atom stereocenters. The zero-order valence-corrected chi connectivity index (χ0v) is 11.8. The highest BCUT2D eigenvalue weighted by atomic mass is 35.5. The van der Waals surface area contributed by atoms with E-state index in [0.717, 1.165) is 0 Å². The standard InChI is InChI=1S/C7H10N2O4S3.ClH/c8-5-1-2-15(10,11)7-4(5)3-6(14-7)16(9,12)13;/h3,5H,1-2,8H2,(H2,9,12,13);1H. The number of primary sulfonamides is 1. The fourth-order valence-corrected chi connectivity index (χ4v) is 5.74. The lowest BCUT2D eigenvalue weighted by atomic mass is 10.1. The van der Waals surface area contributed by atoms with E-state index >= 15 is 0 Å². The number of sulfonamides is 1. The molecule has 0 spiro atoms. The minimum atomic E-state index is -3.87. The largest absolute Gasteiger partial charge is 0.324 e. The minimum absolute atomic E-state index is 0. The van der Waals surface area contributed by atoms with E-state index in [1.807, 2.05) is 0 Å². The van der Waals surface area contributed by atoms with Crippen molar-refractivity contribution in [1.29, 1.82) is 0 Å².